The largest absolute Gasteiger partial charge is 0.392 e. The molecule has 3 unspecified atom stereocenters. The summed E-state index contributed by atoms with van der Waals surface area (Å²) < 4.78 is 0. The molecule has 0 spiro atoms. The van der Waals surface area contributed by atoms with E-state index in [1.807, 2.05) is 0 Å². The van der Waals surface area contributed by atoms with Crippen LogP contribution in [0.4, 0.5) is 0 Å². The number of hydrogen-bond acceptors (Lipinski definition) is 2. The van der Waals surface area contributed by atoms with Gasteiger partial charge in [-0.1, -0.05) is 13.0 Å². The summed E-state index contributed by atoms with van der Waals surface area (Å²) in [6.07, 6.45) is 5.33. The van der Waals surface area contributed by atoms with Crippen molar-refractivity contribution in [3.63, 3.8) is 0 Å². The fraction of sp³-hybridized carbons (Fsp3) is 0.556. The molecule has 0 fully saturated rings. The summed E-state index contributed by atoms with van der Waals surface area (Å²) in [5, 5.41) is 18.4. The summed E-state index contributed by atoms with van der Waals surface area (Å²) in [5.74, 6) is 2.09. The second-order valence-corrected chi connectivity index (χ2v) is 2.56. The lowest BCUT2D eigenvalue weighted by molar-refractivity contribution is 0.0485. The third-order valence-corrected chi connectivity index (χ3v) is 1.71. The summed E-state index contributed by atoms with van der Waals surface area (Å²) in [6, 6.07) is 0. The summed E-state index contributed by atoms with van der Waals surface area (Å²) in [4.78, 5) is 0. The maximum absolute atomic E-state index is 9.27. The SMILES string of the molecule is C#CCC(O)C(C)C(O)C=C. The van der Waals surface area contributed by atoms with Crippen molar-refractivity contribution in [1.29, 1.82) is 0 Å². The third-order valence-electron chi connectivity index (χ3n) is 1.71. The Bertz CT molecular complexity index is 157. The molecule has 0 saturated carbocycles. The molecule has 62 valence electrons. The zero-order chi connectivity index (χ0) is 8.85. The van der Waals surface area contributed by atoms with Crippen LogP contribution in [-0.4, -0.2) is 22.4 Å². The van der Waals surface area contributed by atoms with Gasteiger partial charge in [0, 0.05) is 12.3 Å². The Kier molecular flexibility index (Phi) is 4.60. The van der Waals surface area contributed by atoms with Crippen LogP contribution in [0.3, 0.4) is 0 Å². The van der Waals surface area contributed by atoms with Crippen LogP contribution in [0.15, 0.2) is 12.7 Å². The zero-order valence-electron chi connectivity index (χ0n) is 6.70. The second kappa shape index (κ2) is 4.95. The van der Waals surface area contributed by atoms with Crippen molar-refractivity contribution in [2.24, 2.45) is 5.92 Å². The van der Waals surface area contributed by atoms with Gasteiger partial charge in [0.05, 0.1) is 12.2 Å². The molecule has 0 radical (unpaired) electrons. The Balaban J connectivity index is 3.91. The third kappa shape index (κ3) is 3.22. The van der Waals surface area contributed by atoms with E-state index in [4.69, 9.17) is 6.42 Å². The van der Waals surface area contributed by atoms with Crippen LogP contribution in [0, 0.1) is 18.3 Å². The van der Waals surface area contributed by atoms with Gasteiger partial charge in [-0.05, 0) is 0 Å². The van der Waals surface area contributed by atoms with Gasteiger partial charge in [0.25, 0.3) is 0 Å². The highest BCUT2D eigenvalue weighted by Gasteiger charge is 2.18. The molecule has 3 atom stereocenters. The van der Waals surface area contributed by atoms with Crippen LogP contribution < -0.4 is 0 Å². The zero-order valence-corrected chi connectivity index (χ0v) is 6.70. The fourth-order valence-corrected chi connectivity index (χ4v) is 0.749. The van der Waals surface area contributed by atoms with Gasteiger partial charge in [0.15, 0.2) is 0 Å². The van der Waals surface area contributed by atoms with Gasteiger partial charge in [-0.15, -0.1) is 18.9 Å². The first kappa shape index (κ1) is 10.2. The van der Waals surface area contributed by atoms with Crippen molar-refractivity contribution in [1.82, 2.24) is 0 Å². The molecule has 0 saturated heterocycles. The quantitative estimate of drug-likeness (QED) is 0.458. The minimum atomic E-state index is -0.682. The molecule has 11 heavy (non-hydrogen) atoms. The van der Waals surface area contributed by atoms with Gasteiger partial charge >= 0.3 is 0 Å². The van der Waals surface area contributed by atoms with Gasteiger partial charge in [-0.3, -0.25) is 0 Å². The minimum Gasteiger partial charge on any atom is -0.392 e. The van der Waals surface area contributed by atoms with E-state index in [-0.39, 0.29) is 12.3 Å². The summed E-state index contributed by atoms with van der Waals surface area (Å²) in [6.45, 7) is 5.14. The number of rotatable bonds is 4. The lowest BCUT2D eigenvalue weighted by atomic mass is 9.96. The number of hydrogen-bond donors (Lipinski definition) is 2. The average Bonchev–Trinajstić information content (AvgIpc) is 2.02. The van der Waals surface area contributed by atoms with Crippen molar-refractivity contribution in [3.8, 4) is 12.3 Å². The smallest absolute Gasteiger partial charge is 0.0768 e. The maximum Gasteiger partial charge on any atom is 0.0768 e. The van der Waals surface area contributed by atoms with Crippen molar-refractivity contribution in [2.45, 2.75) is 25.6 Å². The van der Waals surface area contributed by atoms with Gasteiger partial charge in [-0.2, -0.15) is 0 Å². The molecule has 0 bridgehead atoms. The molecule has 0 aromatic heterocycles. The molecule has 0 aromatic carbocycles. The van der Waals surface area contributed by atoms with Gasteiger partial charge in [0.2, 0.25) is 0 Å². The number of aliphatic hydroxyl groups excluding tert-OH is 2. The Morgan fingerprint density at radius 1 is 1.64 bits per heavy atom. The van der Waals surface area contributed by atoms with E-state index in [1.165, 1.54) is 6.08 Å². The van der Waals surface area contributed by atoms with Gasteiger partial charge in [-0.25, -0.2) is 0 Å². The van der Waals surface area contributed by atoms with E-state index in [1.54, 1.807) is 6.92 Å². The molecule has 2 heteroatoms. The maximum atomic E-state index is 9.27. The van der Waals surface area contributed by atoms with Gasteiger partial charge in [0.1, 0.15) is 0 Å². The van der Waals surface area contributed by atoms with Crippen LogP contribution in [-0.2, 0) is 0 Å². The number of aliphatic hydroxyl groups is 2. The minimum absolute atomic E-state index is 0.247. The molecule has 2 N–H and O–H groups in total. The summed E-state index contributed by atoms with van der Waals surface area (Å²) in [7, 11) is 0. The van der Waals surface area contributed by atoms with Crippen molar-refractivity contribution < 1.29 is 10.2 Å². The highest BCUT2D eigenvalue weighted by atomic mass is 16.3. The molecular weight excluding hydrogens is 140 g/mol. The van der Waals surface area contributed by atoms with Crippen LogP contribution in [0.2, 0.25) is 0 Å². The average molecular weight is 154 g/mol. The molecule has 0 aromatic rings. The first-order chi connectivity index (χ1) is 5.13. The lowest BCUT2D eigenvalue weighted by Gasteiger charge is -2.19. The van der Waals surface area contributed by atoms with Crippen LogP contribution in [0.1, 0.15) is 13.3 Å². The van der Waals surface area contributed by atoms with E-state index >= 15 is 0 Å². The molecule has 0 heterocycles. The highest BCUT2D eigenvalue weighted by molar-refractivity contribution is 4.92. The number of terminal acetylenes is 1. The molecular formula is C9H14O2. The molecule has 0 amide bonds. The fourth-order valence-electron chi connectivity index (χ4n) is 0.749. The first-order valence-corrected chi connectivity index (χ1v) is 3.55. The Labute approximate surface area is 67.6 Å². The van der Waals surface area contributed by atoms with Crippen molar-refractivity contribution in [2.75, 3.05) is 0 Å². The first-order valence-electron chi connectivity index (χ1n) is 3.55. The molecule has 0 rings (SSSR count). The highest BCUT2D eigenvalue weighted by Crippen LogP contribution is 2.11. The van der Waals surface area contributed by atoms with E-state index in [2.05, 4.69) is 12.5 Å². The molecule has 0 aliphatic carbocycles. The second-order valence-electron chi connectivity index (χ2n) is 2.56. The van der Waals surface area contributed by atoms with E-state index in [0.717, 1.165) is 0 Å². The van der Waals surface area contributed by atoms with E-state index < -0.39 is 12.2 Å². The monoisotopic (exact) mass is 154 g/mol. The van der Waals surface area contributed by atoms with E-state index in [0.29, 0.717) is 0 Å². The standard InChI is InChI=1S/C9H14O2/c1-4-6-9(11)7(3)8(10)5-2/h1,5,7-11H,2,6H2,3H3. The Morgan fingerprint density at radius 2 is 2.18 bits per heavy atom. The lowest BCUT2D eigenvalue weighted by Crippen LogP contribution is -2.27. The van der Waals surface area contributed by atoms with Crippen LogP contribution in [0.25, 0.3) is 0 Å². The topological polar surface area (TPSA) is 40.5 Å². The predicted molar refractivity (Wildman–Crippen MR) is 44.8 cm³/mol. The Hall–Kier alpha value is -0.780. The Morgan fingerprint density at radius 3 is 2.55 bits per heavy atom. The summed E-state index contributed by atoms with van der Waals surface area (Å²) >= 11 is 0. The summed E-state index contributed by atoms with van der Waals surface area (Å²) in [5.41, 5.74) is 0. The van der Waals surface area contributed by atoms with Crippen LogP contribution in [0.5, 0.6) is 0 Å². The van der Waals surface area contributed by atoms with Crippen molar-refractivity contribution in [3.05, 3.63) is 12.7 Å². The van der Waals surface area contributed by atoms with Gasteiger partial charge < -0.3 is 10.2 Å². The molecule has 2 nitrogen and oxygen atoms in total. The normalized spacial score (nSPS) is 18.0. The molecule has 0 aliphatic rings. The van der Waals surface area contributed by atoms with Crippen LogP contribution >= 0.6 is 0 Å². The van der Waals surface area contributed by atoms with Crippen molar-refractivity contribution >= 4 is 0 Å². The van der Waals surface area contributed by atoms with E-state index in [9.17, 15) is 10.2 Å². The predicted octanol–water partition coefficient (Wildman–Crippen LogP) is 0.554. The molecule has 0 aliphatic heterocycles.